The Bertz CT molecular complexity index is 1320. The Morgan fingerprint density at radius 1 is 0.857 bits per heavy atom. The van der Waals surface area contributed by atoms with E-state index in [9.17, 15) is 0 Å². The molecule has 0 saturated carbocycles. The van der Waals surface area contributed by atoms with Crippen molar-refractivity contribution in [1.82, 2.24) is 0 Å². The van der Waals surface area contributed by atoms with Gasteiger partial charge in [-0.2, -0.15) is 10.9 Å². The number of halogens is 3. The average Bonchev–Trinajstić information content (AvgIpc) is 3.48. The zero-order valence-electron chi connectivity index (χ0n) is 19.8. The molecule has 0 amide bonds. The number of hydrogen-bond donors (Lipinski definition) is 0. The van der Waals surface area contributed by atoms with Crippen molar-refractivity contribution in [3.63, 3.8) is 0 Å². The van der Waals surface area contributed by atoms with Gasteiger partial charge in [-0.05, 0) is 33.6 Å². The predicted octanol–water partition coefficient (Wildman–Crippen LogP) is 2.52. The van der Waals surface area contributed by atoms with Crippen LogP contribution < -0.4 is 30.1 Å². The van der Waals surface area contributed by atoms with Crippen LogP contribution in [0.15, 0.2) is 99.5 Å². The second-order valence-corrected chi connectivity index (χ2v) is 12.8. The van der Waals surface area contributed by atoms with E-state index in [1.54, 1.807) is 10.9 Å². The fourth-order valence-corrected chi connectivity index (χ4v) is 9.19. The van der Waals surface area contributed by atoms with Crippen LogP contribution in [0, 0.1) is 11.5 Å². The van der Waals surface area contributed by atoms with Crippen LogP contribution in [0.3, 0.4) is 0 Å². The van der Waals surface area contributed by atoms with Crippen LogP contribution in [-0.2, 0) is 26.2 Å². The zero-order valence-corrected chi connectivity index (χ0v) is 26.3. The van der Waals surface area contributed by atoms with Gasteiger partial charge < -0.3 is 24.8 Å². The minimum Gasteiger partial charge on any atom is -1.00 e. The summed E-state index contributed by atoms with van der Waals surface area (Å²) in [5, 5.41) is 4.56. The molecule has 5 heteroatoms. The zero-order chi connectivity index (χ0) is 22.0. The maximum atomic E-state index is 3.98. The number of allylic oxidation sites excluding steroid dienone is 5. The molecule has 0 spiro atoms. The van der Waals surface area contributed by atoms with E-state index in [4.69, 9.17) is 0 Å². The standard InChI is InChI=1S/C30H25BrP.2ClH.Zr/c1-30(2,3)28-26-18-24(29(28)32(26)20-12-8-5-9-13-20)22-16-17-25(31)27-21(14-15-23(22)27)19-10-6-4-7-11-19;;;/h4-17,21,24H,1-3H3;2*1H;/q-1;;;+3/p-2. The van der Waals surface area contributed by atoms with Crippen LogP contribution in [0.25, 0.3) is 6.08 Å². The molecule has 35 heavy (non-hydrogen) atoms. The smallest absolute Gasteiger partial charge is 1.00 e. The third-order valence-corrected chi connectivity index (χ3v) is 10.0. The van der Waals surface area contributed by atoms with Gasteiger partial charge in [0.2, 0.25) is 0 Å². The van der Waals surface area contributed by atoms with E-state index >= 15 is 0 Å². The van der Waals surface area contributed by atoms with Crippen molar-refractivity contribution < 1.29 is 51.0 Å². The van der Waals surface area contributed by atoms with Gasteiger partial charge in [0.25, 0.3) is 0 Å². The molecule has 0 fully saturated rings. The van der Waals surface area contributed by atoms with Crippen molar-refractivity contribution in [3.8, 4) is 0 Å². The second kappa shape index (κ2) is 10.9. The summed E-state index contributed by atoms with van der Waals surface area (Å²) < 4.78 is 1.20. The first-order valence-electron chi connectivity index (χ1n) is 11.2. The Balaban J connectivity index is 0.00000114. The second-order valence-electron chi connectivity index (χ2n) is 9.82. The van der Waals surface area contributed by atoms with Crippen LogP contribution >= 0.6 is 23.9 Å². The van der Waals surface area contributed by atoms with Gasteiger partial charge >= 0.3 is 26.2 Å². The van der Waals surface area contributed by atoms with Crippen LogP contribution in [0.4, 0.5) is 0 Å². The number of rotatable bonds is 3. The largest absolute Gasteiger partial charge is 3.00 e. The van der Waals surface area contributed by atoms with Crippen molar-refractivity contribution in [2.75, 3.05) is 0 Å². The van der Waals surface area contributed by atoms with Crippen LogP contribution in [0.5, 0.6) is 0 Å². The molecule has 7 rings (SSSR count). The van der Waals surface area contributed by atoms with E-state index in [2.05, 4.69) is 128 Å². The van der Waals surface area contributed by atoms with E-state index in [1.165, 1.54) is 37.3 Å². The van der Waals surface area contributed by atoms with Crippen molar-refractivity contribution in [2.45, 2.75) is 32.6 Å². The Labute approximate surface area is 250 Å². The molecule has 0 aromatic heterocycles. The summed E-state index contributed by atoms with van der Waals surface area (Å²) in [6.45, 7) is 7.05. The molecule has 0 nitrogen and oxygen atoms in total. The van der Waals surface area contributed by atoms with E-state index in [-0.39, 0.29) is 62.4 Å². The van der Waals surface area contributed by atoms with Gasteiger partial charge in [0.05, 0.1) is 0 Å². The van der Waals surface area contributed by atoms with E-state index in [0.717, 1.165) is 0 Å². The van der Waals surface area contributed by atoms with E-state index in [0.29, 0.717) is 5.92 Å². The van der Waals surface area contributed by atoms with Crippen LogP contribution in [0.2, 0.25) is 0 Å². The molecular formula is C30H25BrCl2PZr. The summed E-state index contributed by atoms with van der Waals surface area (Å²) in [6, 6.07) is 26.5. The van der Waals surface area contributed by atoms with E-state index < -0.39 is 7.92 Å². The minimum atomic E-state index is -0.391. The summed E-state index contributed by atoms with van der Waals surface area (Å²) in [6.07, 6.45) is 8.68. The molecule has 2 heterocycles. The van der Waals surface area contributed by atoms with Gasteiger partial charge in [-0.15, -0.1) is 5.31 Å². The van der Waals surface area contributed by atoms with Crippen molar-refractivity contribution in [1.29, 1.82) is 0 Å². The third-order valence-electron chi connectivity index (χ3n) is 6.78. The molecule has 1 radical (unpaired) electrons. The average molecular weight is 659 g/mol. The monoisotopic (exact) mass is 655 g/mol. The number of benzene rings is 3. The fraction of sp³-hybridized carbons (Fsp3) is 0.200. The van der Waals surface area contributed by atoms with Crippen molar-refractivity contribution in [2.24, 2.45) is 5.41 Å². The Kier molecular flexibility index (Phi) is 9.00. The molecule has 3 aromatic carbocycles. The summed E-state index contributed by atoms with van der Waals surface area (Å²) in [5.41, 5.74) is 7.23. The number of hydrogen-bond acceptors (Lipinski definition) is 0. The molecule has 0 N–H and O–H groups in total. The Morgan fingerprint density at radius 2 is 1.49 bits per heavy atom. The van der Waals surface area contributed by atoms with Crippen LogP contribution in [0.1, 0.15) is 54.9 Å². The normalized spacial score (nSPS) is 21.3. The van der Waals surface area contributed by atoms with Gasteiger partial charge in [0.15, 0.2) is 0 Å². The van der Waals surface area contributed by atoms with Crippen LogP contribution in [-0.4, -0.2) is 0 Å². The van der Waals surface area contributed by atoms with Crippen molar-refractivity contribution in [3.05, 3.63) is 128 Å². The summed E-state index contributed by atoms with van der Waals surface area (Å²) >= 11 is 3.87. The Hall–Kier alpha value is -0.747. The summed E-state index contributed by atoms with van der Waals surface area (Å²) in [4.78, 5) is 0. The molecule has 3 unspecified atom stereocenters. The molecule has 2 aliphatic carbocycles. The molecule has 0 saturated heterocycles. The molecule has 2 aliphatic heterocycles. The third kappa shape index (κ3) is 4.69. The first kappa shape index (κ1) is 28.8. The topological polar surface area (TPSA) is 0 Å². The SMILES string of the molecule is CC(C)(C)C1=C2C(c3ccc(Br)c4c3C=CC4c3ccccc3)[C-]=C1P2c1ccccc1.[Cl-].[Cl-].[Zr+3]. The van der Waals surface area contributed by atoms with Gasteiger partial charge in [-0.25, -0.2) is 0 Å². The maximum Gasteiger partial charge on any atom is 3.00 e. The van der Waals surface area contributed by atoms with E-state index in [1.807, 2.05) is 0 Å². The summed E-state index contributed by atoms with van der Waals surface area (Å²) in [5.74, 6) is 0.572. The molecule has 4 aliphatic rings. The summed E-state index contributed by atoms with van der Waals surface area (Å²) in [7, 11) is -0.391. The Morgan fingerprint density at radius 3 is 2.11 bits per heavy atom. The first-order valence-corrected chi connectivity index (χ1v) is 13.4. The van der Waals surface area contributed by atoms with Gasteiger partial charge in [-0.1, -0.05) is 135 Å². The molecule has 3 atom stereocenters. The molecule has 175 valence electrons. The first-order chi connectivity index (χ1) is 15.4. The van der Waals surface area contributed by atoms with Gasteiger partial charge in [0, 0.05) is 10.4 Å². The molecular weight excluding hydrogens is 633 g/mol. The number of fused-ring (bicyclic) bond motifs is 2. The molecule has 2 bridgehead atoms. The van der Waals surface area contributed by atoms with Crippen molar-refractivity contribution >= 4 is 35.2 Å². The minimum absolute atomic E-state index is 0. The molecule has 3 aromatic rings. The van der Waals surface area contributed by atoms with Gasteiger partial charge in [0.1, 0.15) is 0 Å². The van der Waals surface area contributed by atoms with Gasteiger partial charge in [-0.3, -0.25) is 6.08 Å². The fourth-order valence-electron chi connectivity index (χ4n) is 5.44. The maximum absolute atomic E-state index is 3.98. The quantitative estimate of drug-likeness (QED) is 0.300. The predicted molar refractivity (Wildman–Crippen MR) is 140 cm³/mol.